The maximum absolute atomic E-state index is 5.79. The van der Waals surface area contributed by atoms with Gasteiger partial charge >= 0.3 is 0 Å². The molecule has 0 spiro atoms. The van der Waals surface area contributed by atoms with Crippen LogP contribution in [0.3, 0.4) is 0 Å². The minimum Gasteiger partial charge on any atom is -0.496 e. The van der Waals surface area contributed by atoms with Crippen LogP contribution in [0.2, 0.25) is 0 Å². The number of ether oxygens (including phenoxy) is 2. The van der Waals surface area contributed by atoms with Crippen LogP contribution < -0.4 is 10.5 Å². The number of nitrogens with two attached hydrogens (primary N) is 1. The van der Waals surface area contributed by atoms with Crippen LogP contribution in [0.5, 0.6) is 5.75 Å². The third-order valence-electron chi connectivity index (χ3n) is 2.83. The van der Waals surface area contributed by atoms with E-state index in [0.717, 1.165) is 11.3 Å². The first-order chi connectivity index (χ1) is 6.82. The Hall–Kier alpha value is -1.06. The molecule has 2 rings (SSSR count). The predicted octanol–water partition coefficient (Wildman–Crippen LogP) is 0.922. The Bertz CT molecular complexity index is 315. The Kier molecular flexibility index (Phi) is 2.44. The third kappa shape index (κ3) is 1.29. The Morgan fingerprint density at radius 1 is 1.43 bits per heavy atom. The summed E-state index contributed by atoms with van der Waals surface area (Å²) in [6.07, 6.45) is 0. The molecule has 0 aromatic heterocycles. The molecule has 0 unspecified atom stereocenters. The molecule has 1 aromatic carbocycles. The van der Waals surface area contributed by atoms with Crippen molar-refractivity contribution in [3.05, 3.63) is 29.8 Å². The summed E-state index contributed by atoms with van der Waals surface area (Å²) in [7, 11) is 1.68. The summed E-state index contributed by atoms with van der Waals surface area (Å²) < 4.78 is 10.6. The molecule has 1 fully saturated rings. The molecule has 14 heavy (non-hydrogen) atoms. The highest BCUT2D eigenvalue weighted by Crippen LogP contribution is 2.36. The largest absolute Gasteiger partial charge is 0.496 e. The molecule has 3 nitrogen and oxygen atoms in total. The molecule has 3 heteroatoms. The lowest BCUT2D eigenvalue weighted by atomic mass is 9.78. The molecule has 0 aliphatic carbocycles. The van der Waals surface area contributed by atoms with Gasteiger partial charge in [0.25, 0.3) is 0 Å². The monoisotopic (exact) mass is 193 g/mol. The highest BCUT2D eigenvalue weighted by atomic mass is 16.5. The molecule has 0 bridgehead atoms. The Morgan fingerprint density at radius 2 is 2.14 bits per heavy atom. The van der Waals surface area contributed by atoms with Crippen molar-refractivity contribution in [2.45, 2.75) is 5.41 Å². The lowest BCUT2D eigenvalue weighted by Gasteiger charge is -2.41. The maximum atomic E-state index is 5.79. The van der Waals surface area contributed by atoms with E-state index in [9.17, 15) is 0 Å². The Labute approximate surface area is 83.8 Å². The van der Waals surface area contributed by atoms with E-state index in [0.29, 0.717) is 19.8 Å². The van der Waals surface area contributed by atoms with E-state index in [-0.39, 0.29) is 5.41 Å². The van der Waals surface area contributed by atoms with Crippen LogP contribution in [-0.2, 0) is 10.2 Å². The Morgan fingerprint density at radius 3 is 2.64 bits per heavy atom. The lowest BCUT2D eigenvalue weighted by molar-refractivity contribution is -0.0559. The number of para-hydroxylation sites is 1. The normalized spacial score (nSPS) is 18.7. The first kappa shape index (κ1) is 9.49. The van der Waals surface area contributed by atoms with E-state index in [1.807, 2.05) is 18.2 Å². The number of hydrogen-bond donors (Lipinski definition) is 1. The quantitative estimate of drug-likeness (QED) is 0.776. The van der Waals surface area contributed by atoms with Crippen LogP contribution >= 0.6 is 0 Å². The fourth-order valence-corrected chi connectivity index (χ4v) is 1.81. The molecule has 2 N–H and O–H groups in total. The minimum absolute atomic E-state index is 0.0212. The van der Waals surface area contributed by atoms with Gasteiger partial charge in [-0.05, 0) is 6.07 Å². The first-order valence-electron chi connectivity index (χ1n) is 4.74. The first-order valence-corrected chi connectivity index (χ1v) is 4.74. The van der Waals surface area contributed by atoms with Crippen molar-refractivity contribution in [1.82, 2.24) is 0 Å². The summed E-state index contributed by atoms with van der Waals surface area (Å²) in [6.45, 7) is 2.00. The molecule has 0 amide bonds. The smallest absolute Gasteiger partial charge is 0.122 e. The van der Waals surface area contributed by atoms with Gasteiger partial charge in [0.1, 0.15) is 5.75 Å². The van der Waals surface area contributed by atoms with Gasteiger partial charge in [-0.15, -0.1) is 0 Å². The van der Waals surface area contributed by atoms with E-state index in [2.05, 4.69) is 6.07 Å². The van der Waals surface area contributed by atoms with Crippen LogP contribution in [0.15, 0.2) is 24.3 Å². The predicted molar refractivity (Wildman–Crippen MR) is 54.5 cm³/mol. The average Bonchev–Trinajstić information content (AvgIpc) is 2.18. The van der Waals surface area contributed by atoms with E-state index < -0.39 is 0 Å². The summed E-state index contributed by atoms with van der Waals surface area (Å²) >= 11 is 0. The van der Waals surface area contributed by atoms with Gasteiger partial charge in [-0.1, -0.05) is 18.2 Å². The summed E-state index contributed by atoms with van der Waals surface area (Å²) in [5.41, 5.74) is 6.93. The van der Waals surface area contributed by atoms with Crippen LogP contribution in [0.25, 0.3) is 0 Å². The van der Waals surface area contributed by atoms with Crippen molar-refractivity contribution in [2.75, 3.05) is 26.9 Å². The second-order valence-corrected chi connectivity index (χ2v) is 3.68. The van der Waals surface area contributed by atoms with Gasteiger partial charge in [-0.2, -0.15) is 0 Å². The zero-order valence-corrected chi connectivity index (χ0v) is 8.32. The SMILES string of the molecule is COc1ccccc1C1(CN)COC1. The molecule has 0 radical (unpaired) electrons. The Balaban J connectivity index is 2.38. The van der Waals surface area contributed by atoms with Crippen LogP contribution in [-0.4, -0.2) is 26.9 Å². The third-order valence-corrected chi connectivity index (χ3v) is 2.83. The van der Waals surface area contributed by atoms with E-state index >= 15 is 0 Å². The van der Waals surface area contributed by atoms with Crippen molar-refractivity contribution < 1.29 is 9.47 Å². The van der Waals surface area contributed by atoms with Gasteiger partial charge in [0.15, 0.2) is 0 Å². The molecule has 1 aromatic rings. The van der Waals surface area contributed by atoms with Crippen LogP contribution in [0, 0.1) is 0 Å². The van der Waals surface area contributed by atoms with Crippen molar-refractivity contribution in [2.24, 2.45) is 5.73 Å². The number of methoxy groups -OCH3 is 1. The second kappa shape index (κ2) is 3.59. The minimum atomic E-state index is -0.0212. The number of hydrogen-bond acceptors (Lipinski definition) is 3. The summed E-state index contributed by atoms with van der Waals surface area (Å²) in [5.74, 6) is 0.904. The van der Waals surface area contributed by atoms with Crippen molar-refractivity contribution in [3.8, 4) is 5.75 Å². The van der Waals surface area contributed by atoms with Gasteiger partial charge in [-0.25, -0.2) is 0 Å². The molecular formula is C11H15NO2. The molecule has 0 saturated carbocycles. The zero-order chi connectivity index (χ0) is 10.0. The van der Waals surface area contributed by atoms with Crippen LogP contribution in [0.1, 0.15) is 5.56 Å². The summed E-state index contributed by atoms with van der Waals surface area (Å²) in [5, 5.41) is 0. The van der Waals surface area contributed by atoms with Crippen molar-refractivity contribution >= 4 is 0 Å². The molecule has 76 valence electrons. The highest BCUT2D eigenvalue weighted by Gasteiger charge is 2.40. The molecular weight excluding hydrogens is 178 g/mol. The molecule has 1 saturated heterocycles. The zero-order valence-electron chi connectivity index (χ0n) is 8.32. The van der Waals surface area contributed by atoms with Gasteiger partial charge < -0.3 is 15.2 Å². The van der Waals surface area contributed by atoms with Gasteiger partial charge in [0.05, 0.1) is 25.7 Å². The van der Waals surface area contributed by atoms with Crippen molar-refractivity contribution in [3.63, 3.8) is 0 Å². The number of rotatable bonds is 3. The van der Waals surface area contributed by atoms with E-state index in [1.165, 1.54) is 0 Å². The molecule has 0 atom stereocenters. The standard InChI is InChI=1S/C11H15NO2/c1-13-10-5-3-2-4-9(10)11(6-12)7-14-8-11/h2-5H,6-8,12H2,1H3. The summed E-state index contributed by atoms with van der Waals surface area (Å²) in [6, 6.07) is 8.00. The second-order valence-electron chi connectivity index (χ2n) is 3.68. The maximum Gasteiger partial charge on any atom is 0.122 e. The van der Waals surface area contributed by atoms with E-state index in [4.69, 9.17) is 15.2 Å². The van der Waals surface area contributed by atoms with Crippen LogP contribution in [0.4, 0.5) is 0 Å². The topological polar surface area (TPSA) is 44.5 Å². The van der Waals surface area contributed by atoms with Gasteiger partial charge in [0, 0.05) is 12.1 Å². The average molecular weight is 193 g/mol. The fraction of sp³-hybridized carbons (Fsp3) is 0.455. The lowest BCUT2D eigenvalue weighted by Crippen LogP contribution is -2.52. The van der Waals surface area contributed by atoms with Gasteiger partial charge in [-0.3, -0.25) is 0 Å². The highest BCUT2D eigenvalue weighted by molar-refractivity contribution is 5.41. The molecule has 1 heterocycles. The molecule has 1 aliphatic rings. The fourth-order valence-electron chi connectivity index (χ4n) is 1.81. The summed E-state index contributed by atoms with van der Waals surface area (Å²) in [4.78, 5) is 0. The van der Waals surface area contributed by atoms with E-state index in [1.54, 1.807) is 7.11 Å². The van der Waals surface area contributed by atoms with Crippen molar-refractivity contribution in [1.29, 1.82) is 0 Å². The number of benzene rings is 1. The molecule has 1 aliphatic heterocycles. The van der Waals surface area contributed by atoms with Gasteiger partial charge in [0.2, 0.25) is 0 Å².